The van der Waals surface area contributed by atoms with E-state index >= 15 is 0 Å². The minimum atomic E-state index is -5.03. The Kier molecular flexibility index (Phi) is 9.94. The first-order valence-corrected chi connectivity index (χ1v) is 21.8. The van der Waals surface area contributed by atoms with Crippen molar-refractivity contribution in [3.05, 3.63) is 58.5 Å². The standard InChI is InChI=1S/C39H48F3N4O6PS/c1-44(29-13-14-39(41,42)21-29)27-8-10-30(43-35(47)33-18-25-17-24(7-12-32(25)54-33)34(40)53(50,51)52)36(48)46-28(19-27)9-11-31(46)37(49)45-22-26(20-38(45)15-16-38)23-5-3-2-4-6-23/h3,5-7,12,17-18,26-31,34H,2,4,8-11,13-16,19-22H2,1H3,(H,43,47)(H2,50,51,52)/t26-,27+,28-,29+,30?,31+,34+/m1/s1. The predicted molar refractivity (Wildman–Crippen MR) is 199 cm³/mol. The average Bonchev–Trinajstić information content (AvgIpc) is 3.46. The van der Waals surface area contributed by atoms with E-state index in [1.165, 1.54) is 29.8 Å². The van der Waals surface area contributed by atoms with E-state index in [-0.39, 0.29) is 71.1 Å². The number of thiophene rings is 1. The Morgan fingerprint density at radius 2 is 1.83 bits per heavy atom. The number of halogens is 3. The molecular weight excluding hydrogens is 740 g/mol. The maximum atomic E-state index is 14.7. The number of nitrogens with zero attached hydrogens (tertiary/aromatic N) is 3. The van der Waals surface area contributed by atoms with E-state index in [0.717, 1.165) is 43.4 Å². The summed E-state index contributed by atoms with van der Waals surface area (Å²) < 4.78 is 55.3. The molecule has 2 saturated carbocycles. The number of nitrogens with one attached hydrogen (secondary N) is 1. The fraction of sp³-hybridized carbons (Fsp3) is 0.615. The summed E-state index contributed by atoms with van der Waals surface area (Å²) in [5.41, 5.74) is 0.895. The number of allylic oxidation sites excluding steroid dienone is 3. The highest BCUT2D eigenvalue weighted by atomic mass is 32.1. The van der Waals surface area contributed by atoms with Crippen molar-refractivity contribution < 1.29 is 41.9 Å². The number of carbonyl (C=O) groups excluding carboxylic acids is 3. The number of alkyl halides is 3. The highest BCUT2D eigenvalue weighted by Gasteiger charge is 2.59. The van der Waals surface area contributed by atoms with Gasteiger partial charge in [-0.05, 0) is 112 Å². The molecule has 3 N–H and O–H groups in total. The molecule has 1 aromatic heterocycles. The zero-order valence-electron chi connectivity index (χ0n) is 30.3. The van der Waals surface area contributed by atoms with Crippen LogP contribution in [0.15, 0.2) is 48.1 Å². The zero-order valence-corrected chi connectivity index (χ0v) is 32.1. The van der Waals surface area contributed by atoms with E-state index in [1.807, 2.05) is 16.8 Å². The van der Waals surface area contributed by atoms with Crippen molar-refractivity contribution in [2.45, 2.75) is 131 Å². The van der Waals surface area contributed by atoms with Crippen LogP contribution < -0.4 is 5.32 Å². The summed E-state index contributed by atoms with van der Waals surface area (Å²) in [5.74, 6) is -5.85. The van der Waals surface area contributed by atoms with Crippen molar-refractivity contribution >= 4 is 46.7 Å². The summed E-state index contributed by atoms with van der Waals surface area (Å²) in [4.78, 5) is 67.9. The molecule has 4 heterocycles. The molecule has 6 aliphatic rings. The number of hydrogen-bond donors (Lipinski definition) is 3. The van der Waals surface area contributed by atoms with Gasteiger partial charge in [-0.3, -0.25) is 18.9 Å². The van der Waals surface area contributed by atoms with E-state index in [1.54, 1.807) is 4.90 Å². The highest BCUT2D eigenvalue weighted by molar-refractivity contribution is 7.51. The van der Waals surface area contributed by atoms with Gasteiger partial charge in [0.05, 0.1) is 4.88 Å². The summed E-state index contributed by atoms with van der Waals surface area (Å²) in [6.07, 6.45) is 13.9. The molecule has 3 aliphatic heterocycles. The van der Waals surface area contributed by atoms with E-state index in [0.29, 0.717) is 48.7 Å². The number of fused-ring (bicyclic) bond motifs is 2. The first-order chi connectivity index (χ1) is 25.6. The summed E-state index contributed by atoms with van der Waals surface area (Å²) >= 11 is 1.11. The third kappa shape index (κ3) is 7.22. The maximum Gasteiger partial charge on any atom is 0.363 e. The van der Waals surface area contributed by atoms with Gasteiger partial charge < -0.3 is 29.8 Å². The van der Waals surface area contributed by atoms with Crippen LogP contribution in [-0.2, 0) is 14.2 Å². The lowest BCUT2D eigenvalue weighted by Crippen LogP contribution is -2.59. The van der Waals surface area contributed by atoms with Crippen molar-refractivity contribution in [1.82, 2.24) is 20.0 Å². The van der Waals surface area contributed by atoms with E-state index in [4.69, 9.17) is 0 Å². The Morgan fingerprint density at radius 1 is 1.04 bits per heavy atom. The summed E-state index contributed by atoms with van der Waals surface area (Å²) in [6.45, 7) is 0.616. The first kappa shape index (κ1) is 37.9. The average molecular weight is 789 g/mol. The Bertz CT molecular complexity index is 1940. The molecule has 0 bridgehead atoms. The lowest BCUT2D eigenvalue weighted by atomic mass is 9.91. The van der Waals surface area contributed by atoms with Crippen LogP contribution >= 0.6 is 18.9 Å². The molecular formula is C39H48F3N4O6PS. The van der Waals surface area contributed by atoms with Crippen LogP contribution in [0.4, 0.5) is 13.2 Å². The molecule has 7 atom stereocenters. The van der Waals surface area contributed by atoms with E-state index in [9.17, 15) is 41.9 Å². The molecule has 5 fully saturated rings. The van der Waals surface area contributed by atoms with Crippen LogP contribution in [0.25, 0.3) is 10.1 Å². The van der Waals surface area contributed by atoms with E-state index in [2.05, 4.69) is 23.5 Å². The number of amides is 3. The number of hydrogen-bond acceptors (Lipinski definition) is 6. The van der Waals surface area contributed by atoms with Crippen molar-refractivity contribution in [1.29, 1.82) is 0 Å². The van der Waals surface area contributed by atoms with Gasteiger partial charge >= 0.3 is 7.60 Å². The second-order valence-corrected chi connectivity index (χ2v) is 19.2. The van der Waals surface area contributed by atoms with Crippen LogP contribution in [0.2, 0.25) is 0 Å². The van der Waals surface area contributed by atoms with Crippen molar-refractivity contribution in [3.8, 4) is 0 Å². The number of likely N-dealkylation sites (tertiary alicyclic amines) is 1. The molecule has 292 valence electrons. The van der Waals surface area contributed by atoms with Gasteiger partial charge in [0.2, 0.25) is 23.6 Å². The Balaban J connectivity index is 1.06. The second-order valence-electron chi connectivity index (χ2n) is 16.5. The molecule has 10 nitrogen and oxygen atoms in total. The normalized spacial score (nSPS) is 31.1. The quantitative estimate of drug-likeness (QED) is 0.250. The van der Waals surface area contributed by atoms with Crippen LogP contribution in [0.1, 0.15) is 105 Å². The smallest absolute Gasteiger partial charge is 0.340 e. The van der Waals surface area contributed by atoms with Gasteiger partial charge in [0, 0.05) is 53.7 Å². The molecule has 1 unspecified atom stereocenters. The molecule has 54 heavy (non-hydrogen) atoms. The van der Waals surface area contributed by atoms with Crippen molar-refractivity contribution in [2.24, 2.45) is 5.92 Å². The molecule has 1 spiro atoms. The van der Waals surface area contributed by atoms with Gasteiger partial charge in [0.25, 0.3) is 5.91 Å². The molecule has 1 aromatic carbocycles. The molecule has 3 saturated heterocycles. The first-order valence-electron chi connectivity index (χ1n) is 19.3. The zero-order chi connectivity index (χ0) is 38.2. The minimum Gasteiger partial charge on any atom is -0.340 e. The molecule has 3 aliphatic carbocycles. The number of carbonyl (C=O) groups is 3. The summed E-state index contributed by atoms with van der Waals surface area (Å²) in [6, 6.07) is 3.21. The summed E-state index contributed by atoms with van der Waals surface area (Å²) in [5, 5.41) is 3.37. The van der Waals surface area contributed by atoms with Gasteiger partial charge in [-0.1, -0.05) is 24.3 Å². The molecule has 0 radical (unpaired) electrons. The minimum absolute atomic E-state index is 0.0426. The van der Waals surface area contributed by atoms with Crippen LogP contribution in [-0.4, -0.2) is 97.5 Å². The van der Waals surface area contributed by atoms with Gasteiger partial charge in [-0.25, -0.2) is 13.2 Å². The third-order valence-corrected chi connectivity index (χ3v) is 15.0. The van der Waals surface area contributed by atoms with Crippen LogP contribution in [0.5, 0.6) is 0 Å². The maximum absolute atomic E-state index is 14.7. The van der Waals surface area contributed by atoms with Gasteiger partial charge in [0.15, 0.2) is 0 Å². The topological polar surface area (TPSA) is 130 Å². The summed E-state index contributed by atoms with van der Waals surface area (Å²) in [7, 11) is -3.15. The van der Waals surface area contributed by atoms with Crippen LogP contribution in [0, 0.1) is 5.92 Å². The third-order valence-electron chi connectivity index (χ3n) is 13.0. The second kappa shape index (κ2) is 14.2. The molecule has 8 rings (SSSR count). The Hall–Kier alpha value is -3.03. The van der Waals surface area contributed by atoms with Crippen molar-refractivity contribution in [2.75, 3.05) is 13.6 Å². The van der Waals surface area contributed by atoms with Crippen LogP contribution in [0.3, 0.4) is 0 Å². The SMILES string of the molecule is CN([C@H]1CCC(NC(=O)c2cc3cc([C@@H](F)P(=O)(O)O)ccc3s2)C(=O)N2[C@H](CC[C@H]2C(=O)N2C[C@H](C3=CCCC=C3)CC23CC3)C1)[C@H]1CCC(F)(F)C1. The fourth-order valence-electron chi connectivity index (χ4n) is 9.94. The Labute approximate surface area is 317 Å². The van der Waals surface area contributed by atoms with Gasteiger partial charge in [-0.2, -0.15) is 0 Å². The largest absolute Gasteiger partial charge is 0.363 e. The molecule has 2 aromatic rings. The lowest BCUT2D eigenvalue weighted by molar-refractivity contribution is -0.148. The number of benzene rings is 1. The fourth-order valence-corrected chi connectivity index (χ4v) is 11.4. The van der Waals surface area contributed by atoms with Crippen molar-refractivity contribution in [3.63, 3.8) is 0 Å². The lowest BCUT2D eigenvalue weighted by Gasteiger charge is -2.42. The van der Waals surface area contributed by atoms with E-state index < -0.39 is 37.4 Å². The monoisotopic (exact) mass is 788 g/mol. The highest BCUT2D eigenvalue weighted by Crippen LogP contribution is 2.55. The number of rotatable bonds is 8. The Morgan fingerprint density at radius 3 is 2.52 bits per heavy atom. The van der Waals surface area contributed by atoms with Gasteiger partial charge in [0.1, 0.15) is 12.1 Å². The predicted octanol–water partition coefficient (Wildman–Crippen LogP) is 6.83. The molecule has 15 heteroatoms. The van der Waals surface area contributed by atoms with Gasteiger partial charge in [-0.15, -0.1) is 11.3 Å². The molecule has 3 amide bonds.